The van der Waals surface area contributed by atoms with Crippen LogP contribution in [0.3, 0.4) is 0 Å². The van der Waals surface area contributed by atoms with Gasteiger partial charge in [-0.1, -0.05) is 6.42 Å². The molecule has 0 aromatic rings. The van der Waals surface area contributed by atoms with Gasteiger partial charge in [-0.15, -0.1) is 12.6 Å². The fraction of sp³-hybridized carbons (Fsp3) is 0.800. The van der Waals surface area contributed by atoms with E-state index in [0.717, 1.165) is 25.0 Å². The van der Waals surface area contributed by atoms with Crippen molar-refractivity contribution in [2.24, 2.45) is 0 Å². The van der Waals surface area contributed by atoms with Crippen molar-refractivity contribution in [1.82, 2.24) is 10.6 Å². The summed E-state index contributed by atoms with van der Waals surface area (Å²) in [5.41, 5.74) is 0. The molecule has 2 amide bonds. The van der Waals surface area contributed by atoms with E-state index in [-0.39, 0.29) is 17.2 Å². The number of carbonyl (C=O) groups is 2. The minimum absolute atomic E-state index is 0.0345. The number of hydrogen-bond donors (Lipinski definition) is 3. The van der Waals surface area contributed by atoms with E-state index in [2.05, 4.69) is 23.3 Å². The Hall–Kier alpha value is -0.360. The summed E-state index contributed by atoms with van der Waals surface area (Å²) in [5.74, 6) is 1.000. The lowest BCUT2D eigenvalue weighted by molar-refractivity contribution is -0.110. The maximum absolute atomic E-state index is 11.1. The second kappa shape index (κ2) is 5.31. The Morgan fingerprint density at radius 3 is 3.00 bits per heavy atom. The highest BCUT2D eigenvalue weighted by molar-refractivity contribution is 8.00. The number of fused-ring (bicyclic) bond motifs is 1. The Kier molecular flexibility index (Phi) is 4.02. The van der Waals surface area contributed by atoms with Gasteiger partial charge < -0.3 is 10.6 Å². The van der Waals surface area contributed by atoms with E-state index < -0.39 is 0 Å². The summed E-state index contributed by atoms with van der Waals surface area (Å²) in [5, 5.41) is 6.34. The van der Waals surface area contributed by atoms with Crippen LogP contribution in [0.15, 0.2) is 0 Å². The molecule has 0 aromatic carbocycles. The van der Waals surface area contributed by atoms with Crippen molar-refractivity contribution in [3.63, 3.8) is 0 Å². The maximum Gasteiger partial charge on any atom is 0.315 e. The predicted octanol–water partition coefficient (Wildman–Crippen LogP) is 1.17. The maximum atomic E-state index is 11.1. The zero-order valence-electron chi connectivity index (χ0n) is 8.94. The lowest BCUT2D eigenvalue weighted by Gasteiger charge is -2.16. The lowest BCUT2D eigenvalue weighted by atomic mass is 10.0. The summed E-state index contributed by atoms with van der Waals surface area (Å²) >= 11 is 5.66. The molecule has 0 spiro atoms. The average molecular weight is 260 g/mol. The first kappa shape index (κ1) is 12.1. The second-order valence-corrected chi connectivity index (χ2v) is 6.03. The molecule has 2 aliphatic rings. The van der Waals surface area contributed by atoms with Crippen LogP contribution < -0.4 is 10.6 Å². The molecule has 2 saturated heterocycles. The zero-order chi connectivity index (χ0) is 11.5. The lowest BCUT2D eigenvalue weighted by Crippen LogP contribution is -2.36. The fourth-order valence-corrected chi connectivity index (χ4v) is 3.97. The van der Waals surface area contributed by atoms with Crippen LogP contribution in [0.25, 0.3) is 0 Å². The van der Waals surface area contributed by atoms with Gasteiger partial charge in [0, 0.05) is 17.4 Å². The molecule has 3 atom stereocenters. The predicted molar refractivity (Wildman–Crippen MR) is 68.0 cm³/mol. The Labute approximate surface area is 105 Å². The molecule has 2 N–H and O–H groups in total. The van der Waals surface area contributed by atoms with E-state index in [1.54, 1.807) is 0 Å². The van der Waals surface area contributed by atoms with Crippen LogP contribution in [0.1, 0.15) is 25.7 Å². The van der Waals surface area contributed by atoms with E-state index in [1.165, 1.54) is 0 Å². The molecule has 6 heteroatoms. The highest BCUT2D eigenvalue weighted by Gasteiger charge is 2.42. The highest BCUT2D eigenvalue weighted by Crippen LogP contribution is 2.33. The molecule has 2 heterocycles. The number of hydrogen-bond acceptors (Lipinski definition) is 3. The van der Waals surface area contributed by atoms with Crippen LogP contribution in [0, 0.1) is 0 Å². The van der Waals surface area contributed by atoms with Crippen LogP contribution in [0.2, 0.25) is 0 Å². The Bertz CT molecular complexity index is 299. The van der Waals surface area contributed by atoms with E-state index in [4.69, 9.17) is 0 Å². The van der Waals surface area contributed by atoms with E-state index in [0.29, 0.717) is 17.7 Å². The van der Waals surface area contributed by atoms with Crippen LogP contribution in [-0.2, 0) is 4.79 Å². The molecule has 2 aliphatic heterocycles. The molecule has 0 saturated carbocycles. The van der Waals surface area contributed by atoms with E-state index in [9.17, 15) is 9.59 Å². The minimum atomic E-state index is -0.0363. The molecule has 0 radical (unpaired) electrons. The Balaban J connectivity index is 1.70. The van der Waals surface area contributed by atoms with Crippen LogP contribution in [0.4, 0.5) is 4.79 Å². The van der Waals surface area contributed by atoms with Crippen molar-refractivity contribution < 1.29 is 9.59 Å². The van der Waals surface area contributed by atoms with Crippen molar-refractivity contribution in [3.05, 3.63) is 0 Å². The molecule has 4 nitrogen and oxygen atoms in total. The number of unbranched alkanes of at least 4 members (excludes halogenated alkanes) is 1. The van der Waals surface area contributed by atoms with Gasteiger partial charge in [-0.05, 0) is 12.8 Å². The molecule has 3 unspecified atom stereocenters. The largest absolute Gasteiger partial charge is 0.332 e. The summed E-state index contributed by atoms with van der Waals surface area (Å²) in [4.78, 5) is 21.8. The van der Waals surface area contributed by atoms with Crippen molar-refractivity contribution in [1.29, 1.82) is 0 Å². The summed E-state index contributed by atoms with van der Waals surface area (Å²) in [6.45, 7) is 0. The molecule has 0 bridgehead atoms. The molecular formula is C10H16N2O2S2. The summed E-state index contributed by atoms with van der Waals surface area (Å²) in [6, 6.07) is 0.545. The number of thioether (sulfide) groups is 1. The van der Waals surface area contributed by atoms with Gasteiger partial charge in [0.15, 0.2) is 5.12 Å². The first-order valence-electron chi connectivity index (χ1n) is 5.57. The monoisotopic (exact) mass is 260 g/mol. The fourth-order valence-electron chi connectivity index (χ4n) is 2.26. The minimum Gasteiger partial charge on any atom is -0.332 e. The van der Waals surface area contributed by atoms with E-state index >= 15 is 0 Å². The van der Waals surface area contributed by atoms with Crippen LogP contribution in [0.5, 0.6) is 0 Å². The highest BCUT2D eigenvalue weighted by atomic mass is 32.2. The van der Waals surface area contributed by atoms with Gasteiger partial charge in [0.2, 0.25) is 0 Å². The normalized spacial score (nSPS) is 32.1. The average Bonchev–Trinajstić information content (AvgIpc) is 2.72. The molecular weight excluding hydrogens is 244 g/mol. The molecule has 0 aromatic heterocycles. The topological polar surface area (TPSA) is 58.2 Å². The van der Waals surface area contributed by atoms with Crippen molar-refractivity contribution in [2.75, 3.05) is 5.75 Å². The summed E-state index contributed by atoms with van der Waals surface area (Å²) < 4.78 is 0. The van der Waals surface area contributed by atoms with Gasteiger partial charge in [-0.2, -0.15) is 11.8 Å². The molecule has 2 fully saturated rings. The quantitative estimate of drug-likeness (QED) is 0.395. The van der Waals surface area contributed by atoms with Gasteiger partial charge in [0.1, 0.15) is 0 Å². The van der Waals surface area contributed by atoms with E-state index in [1.807, 2.05) is 11.8 Å². The molecule has 2 rings (SSSR count). The number of nitrogens with one attached hydrogen (secondary N) is 2. The van der Waals surface area contributed by atoms with Crippen LogP contribution in [-0.4, -0.2) is 34.2 Å². The Morgan fingerprint density at radius 1 is 1.44 bits per heavy atom. The SMILES string of the molecule is O=C(S)CCCCC1SCC2NC(=O)NC21. The zero-order valence-corrected chi connectivity index (χ0v) is 10.7. The number of amides is 2. The third-order valence-electron chi connectivity index (χ3n) is 3.07. The third kappa shape index (κ3) is 2.85. The second-order valence-electron chi connectivity index (χ2n) is 4.26. The van der Waals surface area contributed by atoms with Gasteiger partial charge in [-0.3, -0.25) is 4.79 Å². The van der Waals surface area contributed by atoms with Crippen LogP contribution >= 0.6 is 24.4 Å². The molecule has 90 valence electrons. The number of carbonyl (C=O) groups excluding carboxylic acids is 2. The third-order valence-corrected chi connectivity index (χ3v) is 4.80. The van der Waals surface area contributed by atoms with Gasteiger partial charge in [0.25, 0.3) is 0 Å². The van der Waals surface area contributed by atoms with Gasteiger partial charge in [0.05, 0.1) is 12.1 Å². The van der Waals surface area contributed by atoms with Crippen molar-refractivity contribution in [3.8, 4) is 0 Å². The number of urea groups is 1. The summed E-state index contributed by atoms with van der Waals surface area (Å²) in [6.07, 6.45) is 3.55. The number of rotatable bonds is 5. The van der Waals surface area contributed by atoms with Gasteiger partial charge >= 0.3 is 6.03 Å². The Morgan fingerprint density at radius 2 is 2.25 bits per heavy atom. The smallest absolute Gasteiger partial charge is 0.315 e. The first-order chi connectivity index (χ1) is 7.66. The first-order valence-corrected chi connectivity index (χ1v) is 7.07. The molecule has 16 heavy (non-hydrogen) atoms. The van der Waals surface area contributed by atoms with Gasteiger partial charge in [-0.25, -0.2) is 4.79 Å². The molecule has 0 aliphatic carbocycles. The standard InChI is InChI=1S/C10H16N2O2S2/c13-8(15)4-2-1-3-7-9-6(5-16-7)11-10(14)12-9/h6-7,9H,1-5H2,(H,13,15)(H2,11,12,14). The summed E-state index contributed by atoms with van der Waals surface area (Å²) in [7, 11) is 0. The van der Waals surface area contributed by atoms with Crippen molar-refractivity contribution >= 4 is 35.5 Å². The number of thiol groups is 1. The van der Waals surface area contributed by atoms with Crippen molar-refractivity contribution in [2.45, 2.75) is 43.0 Å².